The first-order chi connectivity index (χ1) is 13.1. The Morgan fingerprint density at radius 3 is 2.89 bits per heavy atom. The topological polar surface area (TPSA) is 42.4 Å². The molecule has 0 bridgehead atoms. The number of carbonyl (C=O) groups excluding carboxylic acids is 1. The van der Waals surface area contributed by atoms with E-state index in [0.717, 1.165) is 35.7 Å². The van der Waals surface area contributed by atoms with Crippen molar-refractivity contribution in [3.8, 4) is 5.75 Å². The number of thiazole rings is 1. The maximum Gasteiger partial charge on any atom is 0.226 e. The first kappa shape index (κ1) is 20.2. The molecule has 1 aliphatic rings. The second kappa shape index (κ2) is 9.56. The maximum atomic E-state index is 13.0. The lowest BCUT2D eigenvalue weighted by molar-refractivity contribution is -0.138. The van der Waals surface area contributed by atoms with Gasteiger partial charge in [0, 0.05) is 22.4 Å². The summed E-state index contributed by atoms with van der Waals surface area (Å²) >= 11 is 7.56. The number of nitrogens with zero attached hydrogens (tertiary/aromatic N) is 2. The van der Waals surface area contributed by atoms with E-state index in [9.17, 15) is 4.79 Å². The third-order valence-electron chi connectivity index (χ3n) is 5.20. The summed E-state index contributed by atoms with van der Waals surface area (Å²) in [5.41, 5.74) is 0.941. The number of amides is 1. The molecule has 1 fully saturated rings. The van der Waals surface area contributed by atoms with Crippen molar-refractivity contribution in [2.75, 3.05) is 0 Å². The third-order valence-corrected chi connectivity index (χ3v) is 6.31. The van der Waals surface area contributed by atoms with Crippen LogP contribution in [-0.4, -0.2) is 21.8 Å². The summed E-state index contributed by atoms with van der Waals surface area (Å²) in [6, 6.07) is 7.59. The molecule has 1 aromatic carbocycles. The van der Waals surface area contributed by atoms with Gasteiger partial charge in [0.15, 0.2) is 0 Å². The van der Waals surface area contributed by atoms with Crippen molar-refractivity contribution < 1.29 is 9.53 Å². The summed E-state index contributed by atoms with van der Waals surface area (Å²) in [5, 5.41) is 3.60. The fourth-order valence-electron chi connectivity index (χ4n) is 3.44. The Bertz CT molecular complexity index is 758. The van der Waals surface area contributed by atoms with Gasteiger partial charge in [-0.3, -0.25) is 4.79 Å². The van der Waals surface area contributed by atoms with E-state index in [1.807, 2.05) is 28.5 Å². The summed E-state index contributed by atoms with van der Waals surface area (Å²) in [6.45, 7) is 5.25. The molecule has 1 heterocycles. The van der Waals surface area contributed by atoms with Crippen LogP contribution in [0.15, 0.2) is 29.6 Å². The van der Waals surface area contributed by atoms with Crippen LogP contribution in [0.5, 0.6) is 5.75 Å². The number of hydrogen-bond donors (Lipinski definition) is 0. The van der Waals surface area contributed by atoms with Gasteiger partial charge in [-0.15, -0.1) is 11.3 Å². The molecule has 0 spiro atoms. The van der Waals surface area contributed by atoms with E-state index < -0.39 is 0 Å². The number of hydrogen-bond acceptors (Lipinski definition) is 4. The van der Waals surface area contributed by atoms with Gasteiger partial charge in [0.05, 0.1) is 12.2 Å². The Morgan fingerprint density at radius 2 is 2.19 bits per heavy atom. The van der Waals surface area contributed by atoms with Crippen molar-refractivity contribution >= 4 is 28.8 Å². The summed E-state index contributed by atoms with van der Waals surface area (Å²) < 4.78 is 5.77. The zero-order chi connectivity index (χ0) is 19.2. The number of aromatic nitrogens is 1. The Morgan fingerprint density at radius 1 is 1.41 bits per heavy atom. The molecule has 0 saturated heterocycles. The standard InChI is InChI=1S/C21H27ClN2O2S/c1-3-15(2)24(21(25)16-7-4-5-8-16)12-18-14-27-20(23-18)13-26-19-10-6-9-17(22)11-19/h6,9-11,14-16H,3-5,7-8,12-13H2,1-2H3. The van der Waals surface area contributed by atoms with Gasteiger partial charge in [0.25, 0.3) is 0 Å². The van der Waals surface area contributed by atoms with Crippen molar-refractivity contribution in [2.45, 2.75) is 65.1 Å². The quantitative estimate of drug-likeness (QED) is 0.565. The second-order valence-electron chi connectivity index (χ2n) is 7.18. The van der Waals surface area contributed by atoms with Crippen molar-refractivity contribution in [1.82, 2.24) is 9.88 Å². The van der Waals surface area contributed by atoms with Crippen LogP contribution in [0.4, 0.5) is 0 Å². The summed E-state index contributed by atoms with van der Waals surface area (Å²) in [6.07, 6.45) is 5.36. The molecule has 27 heavy (non-hydrogen) atoms. The number of halogens is 1. The highest BCUT2D eigenvalue weighted by Crippen LogP contribution is 2.28. The molecular weight excluding hydrogens is 380 g/mol. The molecule has 146 valence electrons. The zero-order valence-electron chi connectivity index (χ0n) is 16.0. The third kappa shape index (κ3) is 5.45. The van der Waals surface area contributed by atoms with Gasteiger partial charge in [-0.2, -0.15) is 0 Å². The summed E-state index contributed by atoms with van der Waals surface area (Å²) in [7, 11) is 0. The van der Waals surface area contributed by atoms with Gasteiger partial charge in [-0.1, -0.05) is 37.4 Å². The molecule has 1 atom stereocenters. The number of carbonyl (C=O) groups is 1. The molecule has 0 N–H and O–H groups in total. The van der Waals surface area contributed by atoms with Crippen LogP contribution in [0, 0.1) is 5.92 Å². The van der Waals surface area contributed by atoms with Crippen LogP contribution in [0.2, 0.25) is 5.02 Å². The van der Waals surface area contributed by atoms with Crippen LogP contribution < -0.4 is 4.74 Å². The Kier molecular flexibility index (Phi) is 7.13. The molecule has 0 aliphatic heterocycles. The molecule has 6 heteroatoms. The highest BCUT2D eigenvalue weighted by atomic mass is 35.5. The molecule has 3 rings (SSSR count). The minimum absolute atomic E-state index is 0.197. The van der Waals surface area contributed by atoms with E-state index in [1.165, 1.54) is 12.8 Å². The molecule has 2 aromatic rings. The molecular formula is C21H27ClN2O2S. The van der Waals surface area contributed by atoms with Gasteiger partial charge in [0.2, 0.25) is 5.91 Å². The predicted octanol–water partition coefficient (Wildman–Crippen LogP) is 5.69. The fraction of sp³-hybridized carbons (Fsp3) is 0.524. The van der Waals surface area contributed by atoms with Gasteiger partial charge < -0.3 is 9.64 Å². The van der Waals surface area contributed by atoms with E-state index in [1.54, 1.807) is 17.4 Å². The number of benzene rings is 1. The lowest BCUT2D eigenvalue weighted by Gasteiger charge is -2.30. The first-order valence-electron chi connectivity index (χ1n) is 9.69. The van der Waals surface area contributed by atoms with E-state index in [4.69, 9.17) is 16.3 Å². The minimum Gasteiger partial charge on any atom is -0.486 e. The molecule has 1 amide bonds. The highest BCUT2D eigenvalue weighted by Gasteiger charge is 2.29. The normalized spacial score (nSPS) is 15.7. The van der Waals surface area contributed by atoms with Gasteiger partial charge in [-0.25, -0.2) is 4.98 Å². The second-order valence-corrected chi connectivity index (χ2v) is 8.56. The van der Waals surface area contributed by atoms with E-state index in [-0.39, 0.29) is 12.0 Å². The Hall–Kier alpha value is -1.59. The number of rotatable bonds is 8. The van der Waals surface area contributed by atoms with Crippen molar-refractivity contribution in [3.63, 3.8) is 0 Å². The maximum absolute atomic E-state index is 13.0. The van der Waals surface area contributed by atoms with Crippen LogP contribution >= 0.6 is 22.9 Å². The SMILES string of the molecule is CCC(C)N(Cc1csc(COc2cccc(Cl)c2)n1)C(=O)C1CCCC1. The van der Waals surface area contributed by atoms with E-state index >= 15 is 0 Å². The molecule has 0 radical (unpaired) electrons. The lowest BCUT2D eigenvalue weighted by atomic mass is 10.0. The largest absolute Gasteiger partial charge is 0.486 e. The predicted molar refractivity (Wildman–Crippen MR) is 110 cm³/mol. The van der Waals surface area contributed by atoms with Crippen molar-refractivity contribution in [3.05, 3.63) is 45.4 Å². The van der Waals surface area contributed by atoms with Crippen molar-refractivity contribution in [1.29, 1.82) is 0 Å². The van der Waals surface area contributed by atoms with Crippen LogP contribution in [-0.2, 0) is 17.9 Å². The highest BCUT2D eigenvalue weighted by molar-refractivity contribution is 7.09. The van der Waals surface area contributed by atoms with Gasteiger partial charge in [-0.05, 0) is 44.4 Å². The van der Waals surface area contributed by atoms with Crippen molar-refractivity contribution in [2.24, 2.45) is 5.92 Å². The zero-order valence-corrected chi connectivity index (χ0v) is 17.6. The number of ether oxygens (including phenoxy) is 1. The summed E-state index contributed by atoms with van der Waals surface area (Å²) in [5.74, 6) is 1.23. The minimum atomic E-state index is 0.197. The van der Waals surface area contributed by atoms with Crippen LogP contribution in [0.25, 0.3) is 0 Å². The van der Waals surface area contributed by atoms with E-state index in [2.05, 4.69) is 18.8 Å². The van der Waals surface area contributed by atoms with Crippen LogP contribution in [0.1, 0.15) is 56.7 Å². The van der Waals surface area contributed by atoms with E-state index in [0.29, 0.717) is 24.1 Å². The Labute approximate surface area is 170 Å². The summed E-state index contributed by atoms with van der Waals surface area (Å²) in [4.78, 5) is 19.7. The molecule has 4 nitrogen and oxygen atoms in total. The average Bonchev–Trinajstić information content (AvgIpc) is 3.35. The van der Waals surface area contributed by atoms with Crippen LogP contribution in [0.3, 0.4) is 0 Å². The molecule has 1 unspecified atom stereocenters. The van der Waals surface area contributed by atoms with Gasteiger partial charge >= 0.3 is 0 Å². The molecule has 1 aromatic heterocycles. The average molecular weight is 407 g/mol. The molecule has 1 saturated carbocycles. The van der Waals surface area contributed by atoms with Gasteiger partial charge in [0.1, 0.15) is 17.4 Å². The first-order valence-corrected chi connectivity index (χ1v) is 10.9. The smallest absolute Gasteiger partial charge is 0.226 e. The lowest BCUT2D eigenvalue weighted by Crippen LogP contribution is -2.41. The fourth-order valence-corrected chi connectivity index (χ4v) is 4.32. The Balaban J connectivity index is 1.62. The molecule has 1 aliphatic carbocycles. The monoisotopic (exact) mass is 406 g/mol.